The second-order valence-electron chi connectivity index (χ2n) is 3.41. The molecule has 0 aliphatic rings. The van der Waals surface area contributed by atoms with E-state index in [2.05, 4.69) is 0 Å². The molecule has 0 amide bonds. The minimum atomic E-state index is -0.403. The molecule has 0 aliphatic heterocycles. The molecule has 1 aromatic rings. The molecule has 0 fully saturated rings. The SMILES string of the molecule is CC(O)CN(C)c1ccccc1C=O. The number of hydrogen-bond acceptors (Lipinski definition) is 3. The lowest BCUT2D eigenvalue weighted by molar-refractivity contribution is 0.112. The number of hydrogen-bond donors (Lipinski definition) is 1. The third-order valence-corrected chi connectivity index (χ3v) is 2.01. The van der Waals surface area contributed by atoms with Crippen LogP contribution >= 0.6 is 0 Å². The summed E-state index contributed by atoms with van der Waals surface area (Å²) in [6.07, 6.45) is 0.424. The van der Waals surface area contributed by atoms with Gasteiger partial charge in [-0.3, -0.25) is 4.79 Å². The molecular weight excluding hydrogens is 178 g/mol. The summed E-state index contributed by atoms with van der Waals surface area (Å²) in [6, 6.07) is 7.33. The van der Waals surface area contributed by atoms with Crippen LogP contribution in [0.5, 0.6) is 0 Å². The van der Waals surface area contributed by atoms with Crippen molar-refractivity contribution in [2.75, 3.05) is 18.5 Å². The summed E-state index contributed by atoms with van der Waals surface area (Å²) in [5.74, 6) is 0. The van der Waals surface area contributed by atoms with Crippen molar-refractivity contribution in [2.45, 2.75) is 13.0 Å². The van der Waals surface area contributed by atoms with E-state index in [1.807, 2.05) is 30.1 Å². The molecule has 0 aromatic heterocycles. The number of likely N-dealkylation sites (N-methyl/N-ethyl adjacent to an activating group) is 1. The summed E-state index contributed by atoms with van der Waals surface area (Å²) in [7, 11) is 1.86. The zero-order chi connectivity index (χ0) is 10.6. The van der Waals surface area contributed by atoms with E-state index in [0.29, 0.717) is 12.1 Å². The number of para-hydroxylation sites is 1. The van der Waals surface area contributed by atoms with E-state index in [1.165, 1.54) is 0 Å². The lowest BCUT2D eigenvalue weighted by atomic mass is 10.2. The molecule has 1 N–H and O–H groups in total. The molecular formula is C11H15NO2. The van der Waals surface area contributed by atoms with Crippen LogP contribution in [0.2, 0.25) is 0 Å². The van der Waals surface area contributed by atoms with Crippen LogP contribution in [-0.2, 0) is 0 Å². The largest absolute Gasteiger partial charge is 0.392 e. The van der Waals surface area contributed by atoms with Gasteiger partial charge in [0, 0.05) is 24.8 Å². The third-order valence-electron chi connectivity index (χ3n) is 2.01. The maximum Gasteiger partial charge on any atom is 0.152 e. The minimum absolute atomic E-state index is 0.403. The number of aliphatic hydroxyl groups is 1. The van der Waals surface area contributed by atoms with Crippen molar-refractivity contribution in [3.8, 4) is 0 Å². The zero-order valence-electron chi connectivity index (χ0n) is 8.47. The highest BCUT2D eigenvalue weighted by Gasteiger charge is 2.07. The van der Waals surface area contributed by atoms with E-state index in [9.17, 15) is 9.90 Å². The van der Waals surface area contributed by atoms with Crippen molar-refractivity contribution in [3.63, 3.8) is 0 Å². The van der Waals surface area contributed by atoms with E-state index < -0.39 is 6.10 Å². The lowest BCUT2D eigenvalue weighted by Gasteiger charge is -2.22. The van der Waals surface area contributed by atoms with Crippen LogP contribution in [0.4, 0.5) is 5.69 Å². The quantitative estimate of drug-likeness (QED) is 0.733. The van der Waals surface area contributed by atoms with E-state index in [-0.39, 0.29) is 0 Å². The van der Waals surface area contributed by atoms with Crippen LogP contribution in [0.3, 0.4) is 0 Å². The molecule has 1 rings (SSSR count). The van der Waals surface area contributed by atoms with Gasteiger partial charge in [-0.05, 0) is 19.1 Å². The van der Waals surface area contributed by atoms with E-state index in [1.54, 1.807) is 13.0 Å². The number of aliphatic hydroxyl groups excluding tert-OH is 1. The summed E-state index contributed by atoms with van der Waals surface area (Å²) in [4.78, 5) is 12.6. The number of nitrogens with zero attached hydrogens (tertiary/aromatic N) is 1. The summed E-state index contributed by atoms with van der Waals surface area (Å²) >= 11 is 0. The Hall–Kier alpha value is -1.35. The first-order valence-electron chi connectivity index (χ1n) is 4.58. The van der Waals surface area contributed by atoms with Gasteiger partial charge in [-0.25, -0.2) is 0 Å². The fourth-order valence-corrected chi connectivity index (χ4v) is 1.43. The first-order valence-corrected chi connectivity index (χ1v) is 4.58. The van der Waals surface area contributed by atoms with Gasteiger partial charge in [0.25, 0.3) is 0 Å². The Morgan fingerprint density at radius 1 is 1.50 bits per heavy atom. The molecule has 0 heterocycles. The van der Waals surface area contributed by atoms with Crippen LogP contribution in [-0.4, -0.2) is 31.1 Å². The van der Waals surface area contributed by atoms with Crippen LogP contribution in [0, 0.1) is 0 Å². The highest BCUT2D eigenvalue weighted by atomic mass is 16.3. The third kappa shape index (κ3) is 2.57. The molecule has 0 saturated carbocycles. The lowest BCUT2D eigenvalue weighted by Crippen LogP contribution is -2.27. The Kier molecular flexibility index (Phi) is 3.65. The molecule has 1 atom stereocenters. The van der Waals surface area contributed by atoms with Crippen molar-refractivity contribution in [3.05, 3.63) is 29.8 Å². The highest BCUT2D eigenvalue weighted by molar-refractivity contribution is 5.84. The topological polar surface area (TPSA) is 40.5 Å². The highest BCUT2D eigenvalue weighted by Crippen LogP contribution is 2.17. The average Bonchev–Trinajstić information content (AvgIpc) is 2.16. The van der Waals surface area contributed by atoms with Crippen molar-refractivity contribution in [2.24, 2.45) is 0 Å². The molecule has 0 aliphatic carbocycles. The van der Waals surface area contributed by atoms with Gasteiger partial charge < -0.3 is 10.0 Å². The summed E-state index contributed by atoms with van der Waals surface area (Å²) in [6.45, 7) is 2.24. The van der Waals surface area contributed by atoms with Crippen LogP contribution in [0.1, 0.15) is 17.3 Å². The predicted octanol–water partition coefficient (Wildman–Crippen LogP) is 1.32. The monoisotopic (exact) mass is 193 g/mol. The first kappa shape index (κ1) is 10.7. The van der Waals surface area contributed by atoms with Gasteiger partial charge in [0.15, 0.2) is 6.29 Å². The molecule has 0 saturated heterocycles. The number of carbonyl (C=O) groups excluding carboxylic acids is 1. The summed E-state index contributed by atoms with van der Waals surface area (Å²) < 4.78 is 0. The first-order chi connectivity index (χ1) is 6.65. The van der Waals surface area contributed by atoms with Crippen LogP contribution in [0.25, 0.3) is 0 Å². The van der Waals surface area contributed by atoms with Crippen molar-refractivity contribution >= 4 is 12.0 Å². The Morgan fingerprint density at radius 2 is 2.14 bits per heavy atom. The van der Waals surface area contributed by atoms with Gasteiger partial charge in [-0.2, -0.15) is 0 Å². The summed E-state index contributed by atoms with van der Waals surface area (Å²) in [5, 5.41) is 9.22. The molecule has 0 spiro atoms. The van der Waals surface area contributed by atoms with Gasteiger partial charge in [0.1, 0.15) is 0 Å². The van der Waals surface area contributed by atoms with Crippen molar-refractivity contribution in [1.82, 2.24) is 0 Å². The van der Waals surface area contributed by atoms with Gasteiger partial charge in [-0.15, -0.1) is 0 Å². The molecule has 76 valence electrons. The fraction of sp³-hybridized carbons (Fsp3) is 0.364. The second kappa shape index (κ2) is 4.77. The van der Waals surface area contributed by atoms with Crippen LogP contribution in [0.15, 0.2) is 24.3 Å². The van der Waals surface area contributed by atoms with Crippen LogP contribution < -0.4 is 4.90 Å². The summed E-state index contributed by atoms with van der Waals surface area (Å²) in [5.41, 5.74) is 1.50. The number of aldehydes is 1. The Bertz CT molecular complexity index is 310. The Balaban J connectivity index is 2.88. The average molecular weight is 193 g/mol. The maximum atomic E-state index is 10.7. The Morgan fingerprint density at radius 3 is 2.71 bits per heavy atom. The molecule has 1 aromatic carbocycles. The number of benzene rings is 1. The second-order valence-corrected chi connectivity index (χ2v) is 3.41. The fourth-order valence-electron chi connectivity index (χ4n) is 1.43. The normalized spacial score (nSPS) is 12.2. The molecule has 3 nitrogen and oxygen atoms in total. The molecule has 0 bridgehead atoms. The number of anilines is 1. The molecule has 3 heteroatoms. The standard InChI is InChI=1S/C11H15NO2/c1-9(14)7-12(2)11-6-4-3-5-10(11)8-13/h3-6,8-9,14H,7H2,1-2H3. The van der Waals surface area contributed by atoms with E-state index >= 15 is 0 Å². The Labute approximate surface area is 84.0 Å². The molecule has 14 heavy (non-hydrogen) atoms. The number of carbonyl (C=O) groups is 1. The van der Waals surface area contributed by atoms with Crippen molar-refractivity contribution in [1.29, 1.82) is 0 Å². The maximum absolute atomic E-state index is 10.7. The van der Waals surface area contributed by atoms with E-state index in [0.717, 1.165) is 12.0 Å². The van der Waals surface area contributed by atoms with Gasteiger partial charge in [-0.1, -0.05) is 12.1 Å². The minimum Gasteiger partial charge on any atom is -0.392 e. The number of rotatable bonds is 4. The van der Waals surface area contributed by atoms with E-state index in [4.69, 9.17) is 0 Å². The van der Waals surface area contributed by atoms with Gasteiger partial charge >= 0.3 is 0 Å². The zero-order valence-corrected chi connectivity index (χ0v) is 8.47. The van der Waals surface area contributed by atoms with Gasteiger partial charge in [0.05, 0.1) is 6.10 Å². The molecule has 1 unspecified atom stereocenters. The smallest absolute Gasteiger partial charge is 0.152 e. The molecule has 0 radical (unpaired) electrons. The van der Waals surface area contributed by atoms with Crippen molar-refractivity contribution < 1.29 is 9.90 Å². The van der Waals surface area contributed by atoms with Gasteiger partial charge in [0.2, 0.25) is 0 Å². The predicted molar refractivity (Wildman–Crippen MR) is 56.8 cm³/mol.